The largest absolute Gasteiger partial charge is 0.484 e. The Morgan fingerprint density at radius 2 is 1.72 bits per heavy atom. The van der Waals surface area contributed by atoms with Crippen molar-refractivity contribution in [3.05, 3.63) is 83.4 Å². The highest BCUT2D eigenvalue weighted by atomic mass is 35.5. The van der Waals surface area contributed by atoms with Gasteiger partial charge >= 0.3 is 0 Å². The Bertz CT molecular complexity index is 1120. The number of carbonyl (C=O) groups excluding carboxylic acids is 1. The molecule has 3 rings (SSSR count). The molecule has 1 amide bonds. The summed E-state index contributed by atoms with van der Waals surface area (Å²) < 4.78 is 32.9. The summed E-state index contributed by atoms with van der Waals surface area (Å²) in [7, 11) is -3.80. The fourth-order valence-electron chi connectivity index (χ4n) is 2.52. The van der Waals surface area contributed by atoms with E-state index in [2.05, 4.69) is 10.0 Å². The normalized spacial score (nSPS) is 11.0. The van der Waals surface area contributed by atoms with Gasteiger partial charge in [-0.1, -0.05) is 35.9 Å². The van der Waals surface area contributed by atoms with E-state index in [4.69, 9.17) is 16.3 Å². The van der Waals surface area contributed by atoms with Crippen LogP contribution in [0, 0.1) is 6.92 Å². The van der Waals surface area contributed by atoms with Gasteiger partial charge in [0.15, 0.2) is 6.61 Å². The number of amides is 1. The molecule has 0 unspecified atom stereocenters. The molecule has 8 heteroatoms. The van der Waals surface area contributed by atoms with Gasteiger partial charge in [-0.05, 0) is 61.0 Å². The van der Waals surface area contributed by atoms with Crippen LogP contribution in [0.15, 0.2) is 77.7 Å². The molecular weight excluding hydrogens is 412 g/mol. The Morgan fingerprint density at radius 1 is 1.00 bits per heavy atom. The molecule has 0 heterocycles. The van der Waals surface area contributed by atoms with E-state index < -0.39 is 10.0 Å². The molecule has 29 heavy (non-hydrogen) atoms. The molecule has 0 atom stereocenters. The van der Waals surface area contributed by atoms with Crippen molar-refractivity contribution < 1.29 is 17.9 Å². The quantitative estimate of drug-likeness (QED) is 0.579. The van der Waals surface area contributed by atoms with Crippen LogP contribution in [0.4, 0.5) is 11.4 Å². The number of rotatable bonds is 7. The molecule has 0 aromatic heterocycles. The Hall–Kier alpha value is -3.03. The highest BCUT2D eigenvalue weighted by Gasteiger charge is 2.15. The lowest BCUT2D eigenvalue weighted by atomic mass is 10.2. The average molecular weight is 431 g/mol. The first kappa shape index (κ1) is 20.7. The van der Waals surface area contributed by atoms with Crippen LogP contribution in [-0.2, 0) is 14.8 Å². The summed E-state index contributed by atoms with van der Waals surface area (Å²) in [5.74, 6) is 0.253. The molecular formula is C21H19ClN2O4S. The molecule has 0 fully saturated rings. The Balaban J connectivity index is 1.60. The fourth-order valence-corrected chi connectivity index (χ4v) is 3.83. The first-order valence-electron chi connectivity index (χ1n) is 8.70. The zero-order valence-electron chi connectivity index (χ0n) is 15.6. The van der Waals surface area contributed by atoms with Crippen molar-refractivity contribution in [2.45, 2.75) is 11.8 Å². The maximum absolute atomic E-state index is 12.5. The first-order chi connectivity index (χ1) is 13.8. The molecule has 0 aliphatic rings. The van der Waals surface area contributed by atoms with Crippen LogP contribution in [0.2, 0.25) is 5.02 Å². The highest BCUT2D eigenvalue weighted by molar-refractivity contribution is 7.92. The molecule has 0 bridgehead atoms. The standard InChI is InChI=1S/C21H19ClN2O4S/c1-15-5-4-6-17(13-15)28-14-21(25)23-16-9-11-18(12-10-16)29(26,27)24-20-8-3-2-7-19(20)22/h2-13,24H,14H2,1H3,(H,23,25). The molecule has 2 N–H and O–H groups in total. The van der Waals surface area contributed by atoms with Crippen molar-refractivity contribution in [2.75, 3.05) is 16.6 Å². The van der Waals surface area contributed by atoms with Crippen LogP contribution in [0.3, 0.4) is 0 Å². The van der Waals surface area contributed by atoms with Gasteiger partial charge < -0.3 is 10.1 Å². The second-order valence-corrected chi connectivity index (χ2v) is 8.35. The third-order valence-electron chi connectivity index (χ3n) is 3.93. The van der Waals surface area contributed by atoms with Gasteiger partial charge in [0.1, 0.15) is 5.75 Å². The number of hydrogen-bond acceptors (Lipinski definition) is 4. The van der Waals surface area contributed by atoms with E-state index in [-0.39, 0.29) is 17.4 Å². The van der Waals surface area contributed by atoms with Gasteiger partial charge in [-0.2, -0.15) is 0 Å². The molecule has 0 spiro atoms. The molecule has 0 saturated carbocycles. The van der Waals surface area contributed by atoms with E-state index in [0.717, 1.165) is 5.56 Å². The van der Waals surface area contributed by atoms with E-state index in [0.29, 0.717) is 22.1 Å². The van der Waals surface area contributed by atoms with Crippen molar-refractivity contribution in [3.63, 3.8) is 0 Å². The number of sulfonamides is 1. The summed E-state index contributed by atoms with van der Waals surface area (Å²) in [6.45, 7) is 1.78. The van der Waals surface area contributed by atoms with E-state index in [1.807, 2.05) is 25.1 Å². The van der Waals surface area contributed by atoms with Crippen molar-refractivity contribution in [3.8, 4) is 5.75 Å². The number of para-hydroxylation sites is 1. The van der Waals surface area contributed by atoms with Crippen molar-refractivity contribution in [1.29, 1.82) is 0 Å². The van der Waals surface area contributed by atoms with Crippen LogP contribution in [0.25, 0.3) is 0 Å². The average Bonchev–Trinajstić information content (AvgIpc) is 2.69. The number of ether oxygens (including phenoxy) is 1. The van der Waals surface area contributed by atoms with Gasteiger partial charge in [0.05, 0.1) is 15.6 Å². The van der Waals surface area contributed by atoms with E-state index in [1.54, 1.807) is 30.3 Å². The molecule has 0 radical (unpaired) electrons. The number of halogens is 1. The first-order valence-corrected chi connectivity index (χ1v) is 10.6. The van der Waals surface area contributed by atoms with Crippen LogP contribution in [0.5, 0.6) is 5.75 Å². The van der Waals surface area contributed by atoms with Crippen molar-refractivity contribution in [1.82, 2.24) is 0 Å². The van der Waals surface area contributed by atoms with Gasteiger partial charge in [0.2, 0.25) is 0 Å². The monoisotopic (exact) mass is 430 g/mol. The number of benzene rings is 3. The molecule has 6 nitrogen and oxygen atoms in total. The van der Waals surface area contributed by atoms with Crippen LogP contribution >= 0.6 is 11.6 Å². The summed E-state index contributed by atoms with van der Waals surface area (Å²) in [6.07, 6.45) is 0. The second-order valence-electron chi connectivity index (χ2n) is 6.26. The SMILES string of the molecule is Cc1cccc(OCC(=O)Nc2ccc(S(=O)(=O)Nc3ccccc3Cl)cc2)c1. The zero-order valence-corrected chi connectivity index (χ0v) is 17.1. The minimum absolute atomic E-state index is 0.0476. The third-order valence-corrected chi connectivity index (χ3v) is 5.64. The summed E-state index contributed by atoms with van der Waals surface area (Å²) in [6, 6.07) is 19.7. The van der Waals surface area contributed by atoms with Gasteiger partial charge in [0.25, 0.3) is 15.9 Å². The van der Waals surface area contributed by atoms with Crippen molar-refractivity contribution >= 4 is 38.9 Å². The van der Waals surface area contributed by atoms with Gasteiger partial charge in [-0.25, -0.2) is 8.42 Å². The zero-order chi connectivity index (χ0) is 20.9. The summed E-state index contributed by atoms with van der Waals surface area (Å²) in [5, 5.41) is 2.96. The van der Waals surface area contributed by atoms with Crippen LogP contribution < -0.4 is 14.8 Å². The summed E-state index contributed by atoms with van der Waals surface area (Å²) in [4.78, 5) is 12.1. The van der Waals surface area contributed by atoms with Crippen molar-refractivity contribution in [2.24, 2.45) is 0 Å². The van der Waals surface area contributed by atoms with E-state index in [9.17, 15) is 13.2 Å². The fraction of sp³-hybridized carbons (Fsp3) is 0.0952. The molecule has 3 aromatic carbocycles. The maximum Gasteiger partial charge on any atom is 0.262 e. The van der Waals surface area contributed by atoms with Crippen LogP contribution in [0.1, 0.15) is 5.56 Å². The number of nitrogens with one attached hydrogen (secondary N) is 2. The molecule has 0 aliphatic heterocycles. The lowest BCUT2D eigenvalue weighted by molar-refractivity contribution is -0.118. The van der Waals surface area contributed by atoms with Crippen LogP contribution in [-0.4, -0.2) is 20.9 Å². The molecule has 0 saturated heterocycles. The Kier molecular flexibility index (Phi) is 6.41. The third kappa shape index (κ3) is 5.73. The highest BCUT2D eigenvalue weighted by Crippen LogP contribution is 2.24. The number of aryl methyl sites for hydroxylation is 1. The number of carbonyl (C=O) groups is 1. The second kappa shape index (κ2) is 8.98. The summed E-state index contributed by atoms with van der Waals surface area (Å²) >= 11 is 6.00. The predicted molar refractivity (Wildman–Crippen MR) is 114 cm³/mol. The van der Waals surface area contributed by atoms with E-state index >= 15 is 0 Å². The Labute approximate surface area is 174 Å². The van der Waals surface area contributed by atoms with Gasteiger partial charge in [-0.3, -0.25) is 9.52 Å². The molecule has 0 aliphatic carbocycles. The van der Waals surface area contributed by atoms with Gasteiger partial charge in [-0.15, -0.1) is 0 Å². The molecule has 3 aromatic rings. The topological polar surface area (TPSA) is 84.5 Å². The minimum atomic E-state index is -3.80. The minimum Gasteiger partial charge on any atom is -0.484 e. The van der Waals surface area contributed by atoms with Gasteiger partial charge in [0, 0.05) is 5.69 Å². The number of anilines is 2. The summed E-state index contributed by atoms with van der Waals surface area (Å²) in [5.41, 5.74) is 1.78. The molecule has 150 valence electrons. The Morgan fingerprint density at radius 3 is 2.41 bits per heavy atom. The smallest absolute Gasteiger partial charge is 0.262 e. The predicted octanol–water partition coefficient (Wildman–Crippen LogP) is 4.47. The number of hydrogen-bond donors (Lipinski definition) is 2. The van der Waals surface area contributed by atoms with E-state index in [1.165, 1.54) is 24.3 Å². The maximum atomic E-state index is 12.5. The lowest BCUT2D eigenvalue weighted by Gasteiger charge is -2.11. The lowest BCUT2D eigenvalue weighted by Crippen LogP contribution is -2.20.